The number of hydrogen-bond acceptors (Lipinski definition) is 8. The first-order chi connectivity index (χ1) is 15.1. The minimum absolute atomic E-state index is 0.0444. The van der Waals surface area contributed by atoms with E-state index in [1.54, 1.807) is 12.2 Å². The van der Waals surface area contributed by atoms with Crippen LogP contribution in [-0.2, 0) is 38.1 Å². The molecule has 0 aliphatic rings. The molecule has 0 aromatic heterocycles. The second kappa shape index (κ2) is 14.3. The lowest BCUT2D eigenvalue weighted by Gasteiger charge is -2.33. The maximum absolute atomic E-state index is 12.8. The zero-order valence-corrected chi connectivity index (χ0v) is 22.0. The molecule has 0 aromatic rings. The highest BCUT2D eigenvalue weighted by Gasteiger charge is 2.52. The minimum Gasteiger partial charge on any atom is -0.468 e. The second-order valence-corrected chi connectivity index (χ2v) is 9.65. The molecule has 8 nitrogen and oxygen atoms in total. The summed E-state index contributed by atoms with van der Waals surface area (Å²) < 4.78 is 20.1. The SMILES string of the molecule is C=CCCC(CC(CC(CCC=C)(C(=O)OC)C(=O)OC)=C(Br)Br)(C(=O)OC)C(=O)OC. The van der Waals surface area contributed by atoms with E-state index in [1.165, 1.54) is 0 Å². The Labute approximate surface area is 205 Å². The lowest BCUT2D eigenvalue weighted by molar-refractivity contribution is -0.169. The highest BCUT2D eigenvalue weighted by molar-refractivity contribution is 9.28. The zero-order chi connectivity index (χ0) is 24.9. The Kier molecular flexibility index (Phi) is 13.4. The summed E-state index contributed by atoms with van der Waals surface area (Å²) in [5, 5.41) is 0. The third-order valence-corrected chi connectivity index (χ3v) is 6.27. The number of carbonyl (C=O) groups is 4. The molecule has 0 aromatic carbocycles. The van der Waals surface area contributed by atoms with Gasteiger partial charge in [-0.3, -0.25) is 19.2 Å². The molecule has 0 aliphatic carbocycles. The van der Waals surface area contributed by atoms with Crippen LogP contribution in [0.15, 0.2) is 34.3 Å². The molecule has 0 aliphatic heterocycles. The number of rotatable bonds is 14. The van der Waals surface area contributed by atoms with Crippen molar-refractivity contribution < 1.29 is 38.1 Å². The van der Waals surface area contributed by atoms with E-state index in [0.29, 0.717) is 21.8 Å². The Hall–Kier alpha value is -1.94. The predicted octanol–water partition coefficient (Wildman–Crippen LogP) is 4.37. The van der Waals surface area contributed by atoms with E-state index < -0.39 is 34.7 Å². The van der Waals surface area contributed by atoms with Crippen molar-refractivity contribution >= 4 is 55.7 Å². The van der Waals surface area contributed by atoms with Crippen molar-refractivity contribution in [1.29, 1.82) is 0 Å². The summed E-state index contributed by atoms with van der Waals surface area (Å²) in [6, 6.07) is 0. The number of carbonyl (C=O) groups excluding carboxylic acids is 4. The van der Waals surface area contributed by atoms with Crippen molar-refractivity contribution in [3.63, 3.8) is 0 Å². The lowest BCUT2D eigenvalue weighted by atomic mass is 9.71. The molecular formula is C22H30Br2O8. The van der Waals surface area contributed by atoms with Gasteiger partial charge in [0.2, 0.25) is 0 Å². The van der Waals surface area contributed by atoms with Gasteiger partial charge in [-0.15, -0.1) is 13.2 Å². The van der Waals surface area contributed by atoms with Gasteiger partial charge in [0.25, 0.3) is 0 Å². The maximum atomic E-state index is 12.8. The molecule has 180 valence electrons. The van der Waals surface area contributed by atoms with Gasteiger partial charge in [-0.2, -0.15) is 0 Å². The van der Waals surface area contributed by atoms with Gasteiger partial charge >= 0.3 is 23.9 Å². The van der Waals surface area contributed by atoms with Crippen molar-refractivity contribution in [2.75, 3.05) is 28.4 Å². The van der Waals surface area contributed by atoms with Crippen LogP contribution in [0, 0.1) is 10.8 Å². The van der Waals surface area contributed by atoms with E-state index in [9.17, 15) is 19.2 Å². The third kappa shape index (κ3) is 7.03. The molecule has 0 fully saturated rings. The molecule has 0 spiro atoms. The average Bonchev–Trinajstić information content (AvgIpc) is 2.80. The summed E-state index contributed by atoms with van der Waals surface area (Å²) in [5.41, 5.74) is -3.07. The predicted molar refractivity (Wildman–Crippen MR) is 126 cm³/mol. The van der Waals surface area contributed by atoms with Gasteiger partial charge in [0, 0.05) is 0 Å². The van der Waals surface area contributed by atoms with Crippen molar-refractivity contribution in [3.8, 4) is 0 Å². The van der Waals surface area contributed by atoms with E-state index in [4.69, 9.17) is 18.9 Å². The van der Waals surface area contributed by atoms with Crippen LogP contribution < -0.4 is 0 Å². The Morgan fingerprint density at radius 3 is 1.16 bits per heavy atom. The van der Waals surface area contributed by atoms with Crippen molar-refractivity contribution in [3.05, 3.63) is 34.3 Å². The van der Waals surface area contributed by atoms with Gasteiger partial charge in [-0.05, 0) is 76.0 Å². The summed E-state index contributed by atoms with van der Waals surface area (Å²) in [5.74, 6) is -3.23. The van der Waals surface area contributed by atoms with E-state index >= 15 is 0 Å². The maximum Gasteiger partial charge on any atom is 0.323 e. The molecule has 0 bridgehead atoms. The van der Waals surface area contributed by atoms with Crippen LogP contribution in [0.3, 0.4) is 0 Å². The zero-order valence-electron chi connectivity index (χ0n) is 18.8. The normalized spacial score (nSPS) is 11.1. The molecule has 10 heteroatoms. The van der Waals surface area contributed by atoms with Gasteiger partial charge in [-0.1, -0.05) is 12.2 Å². The van der Waals surface area contributed by atoms with Crippen LogP contribution in [0.5, 0.6) is 0 Å². The number of allylic oxidation sites excluding steroid dienone is 3. The summed E-state index contributed by atoms with van der Waals surface area (Å²) in [6.45, 7) is 7.29. The Morgan fingerprint density at radius 2 is 0.969 bits per heavy atom. The van der Waals surface area contributed by atoms with Crippen LogP contribution >= 0.6 is 31.9 Å². The standard InChI is InChI=1S/C22H30Br2O8/c1-7-9-11-21(17(25)29-3,18(26)30-4)13-15(16(23)24)14-22(12-10-8-2,19(27)31-5)20(28)32-6/h7-8H,1-2,9-14H2,3-6H3. The summed E-state index contributed by atoms with van der Waals surface area (Å²) in [4.78, 5) is 51.2. The molecule has 0 unspecified atom stereocenters. The molecule has 32 heavy (non-hydrogen) atoms. The molecule has 0 amide bonds. The van der Waals surface area contributed by atoms with Crippen LogP contribution in [0.1, 0.15) is 38.5 Å². The highest BCUT2D eigenvalue weighted by Crippen LogP contribution is 2.44. The lowest BCUT2D eigenvalue weighted by Crippen LogP contribution is -2.44. The van der Waals surface area contributed by atoms with Crippen LogP contribution in [0.4, 0.5) is 0 Å². The number of hydrogen-bond donors (Lipinski definition) is 0. The Balaban J connectivity index is 6.69. The topological polar surface area (TPSA) is 105 Å². The first-order valence-electron chi connectivity index (χ1n) is 9.65. The van der Waals surface area contributed by atoms with Crippen molar-refractivity contribution in [2.45, 2.75) is 38.5 Å². The van der Waals surface area contributed by atoms with E-state index in [2.05, 4.69) is 45.0 Å². The van der Waals surface area contributed by atoms with Crippen LogP contribution in [0.25, 0.3) is 0 Å². The molecule has 0 saturated heterocycles. The summed E-state index contributed by atoms with van der Waals surface area (Å²) in [6.07, 6.45) is 3.44. The molecule has 0 N–H and O–H groups in total. The largest absolute Gasteiger partial charge is 0.468 e. The van der Waals surface area contributed by atoms with Crippen molar-refractivity contribution in [1.82, 2.24) is 0 Å². The smallest absolute Gasteiger partial charge is 0.323 e. The number of methoxy groups -OCH3 is 4. The minimum atomic E-state index is -1.73. The third-order valence-electron chi connectivity index (χ3n) is 5.15. The van der Waals surface area contributed by atoms with Gasteiger partial charge in [-0.25, -0.2) is 0 Å². The summed E-state index contributed by atoms with van der Waals surface area (Å²) in [7, 11) is 4.66. The molecule has 0 radical (unpaired) electrons. The quantitative estimate of drug-likeness (QED) is 0.129. The monoisotopic (exact) mass is 580 g/mol. The summed E-state index contributed by atoms with van der Waals surface area (Å²) >= 11 is 6.63. The molecule has 0 heterocycles. The molecule has 0 atom stereocenters. The number of halogens is 2. The van der Waals surface area contributed by atoms with E-state index in [0.717, 1.165) is 28.4 Å². The van der Waals surface area contributed by atoms with Gasteiger partial charge in [0.15, 0.2) is 10.8 Å². The fraction of sp³-hybridized carbons (Fsp3) is 0.545. The first-order valence-corrected chi connectivity index (χ1v) is 11.2. The highest BCUT2D eigenvalue weighted by atomic mass is 79.9. The molecule has 0 rings (SSSR count). The van der Waals surface area contributed by atoms with Crippen molar-refractivity contribution in [2.24, 2.45) is 10.8 Å². The average molecular weight is 582 g/mol. The Bertz CT molecular complexity index is 665. The van der Waals surface area contributed by atoms with Crippen LogP contribution in [-0.4, -0.2) is 52.3 Å². The van der Waals surface area contributed by atoms with E-state index in [-0.39, 0.29) is 25.7 Å². The fourth-order valence-electron chi connectivity index (χ4n) is 3.44. The van der Waals surface area contributed by atoms with Gasteiger partial charge < -0.3 is 18.9 Å². The number of ether oxygens (including phenoxy) is 4. The fourth-order valence-corrected chi connectivity index (χ4v) is 4.00. The van der Waals surface area contributed by atoms with Crippen LogP contribution in [0.2, 0.25) is 0 Å². The molecular weight excluding hydrogens is 552 g/mol. The Morgan fingerprint density at radius 1 is 0.688 bits per heavy atom. The van der Waals surface area contributed by atoms with E-state index in [1.807, 2.05) is 0 Å². The van der Waals surface area contributed by atoms with Gasteiger partial charge in [0.1, 0.15) is 0 Å². The first kappa shape index (κ1) is 30.1. The molecule has 0 saturated carbocycles. The number of esters is 4. The second-order valence-electron chi connectivity index (χ2n) is 7.00. The van der Waals surface area contributed by atoms with Gasteiger partial charge in [0.05, 0.1) is 31.8 Å².